The van der Waals surface area contributed by atoms with Gasteiger partial charge in [0.05, 0.1) is 12.7 Å². The molecular weight excluding hydrogens is 240 g/mol. The first-order chi connectivity index (χ1) is 9.13. The van der Waals surface area contributed by atoms with Gasteiger partial charge in [0.2, 0.25) is 0 Å². The van der Waals surface area contributed by atoms with Crippen LogP contribution in [0.5, 0.6) is 0 Å². The van der Waals surface area contributed by atoms with Crippen LogP contribution in [0.1, 0.15) is 50.0 Å². The zero-order valence-corrected chi connectivity index (χ0v) is 11.5. The van der Waals surface area contributed by atoms with Gasteiger partial charge >= 0.3 is 5.97 Å². The molecule has 1 aromatic rings. The number of carbonyl (C=O) groups is 1. The molecule has 1 aliphatic carbocycles. The Hall–Kier alpha value is -1.35. The Balaban J connectivity index is 1.86. The predicted octanol–water partition coefficient (Wildman–Crippen LogP) is 3.03. The maximum absolute atomic E-state index is 11.1. The lowest BCUT2D eigenvalue weighted by molar-refractivity contribution is -0.142. The molecule has 0 spiro atoms. The molecule has 0 atom stereocenters. The number of ether oxygens (including phenoxy) is 1. The maximum Gasteiger partial charge on any atom is 0.305 e. The van der Waals surface area contributed by atoms with Crippen LogP contribution >= 0.6 is 0 Å². The second kappa shape index (κ2) is 6.20. The van der Waals surface area contributed by atoms with Crippen molar-refractivity contribution in [2.75, 3.05) is 7.11 Å². The number of carbonyl (C=O) groups excluding carboxylic acids is 1. The largest absolute Gasteiger partial charge is 0.469 e. The summed E-state index contributed by atoms with van der Waals surface area (Å²) >= 11 is 0. The third-order valence-electron chi connectivity index (χ3n) is 4.21. The number of aliphatic hydroxyl groups is 1. The highest BCUT2D eigenvalue weighted by molar-refractivity contribution is 5.69. The highest BCUT2D eigenvalue weighted by atomic mass is 16.5. The van der Waals surface area contributed by atoms with Gasteiger partial charge in [-0.3, -0.25) is 4.79 Å². The SMILES string of the molecule is COC(=O)CCC1(O)CCC(c2ccccc2)CC1. The van der Waals surface area contributed by atoms with Gasteiger partial charge in [-0.1, -0.05) is 30.3 Å². The first-order valence-electron chi connectivity index (χ1n) is 6.97. The Morgan fingerprint density at radius 3 is 2.53 bits per heavy atom. The van der Waals surface area contributed by atoms with Crippen molar-refractivity contribution in [3.8, 4) is 0 Å². The Morgan fingerprint density at radius 2 is 1.95 bits per heavy atom. The quantitative estimate of drug-likeness (QED) is 0.848. The van der Waals surface area contributed by atoms with E-state index in [2.05, 4.69) is 29.0 Å². The summed E-state index contributed by atoms with van der Waals surface area (Å²) in [6, 6.07) is 10.5. The molecule has 104 valence electrons. The molecule has 0 amide bonds. The van der Waals surface area contributed by atoms with Crippen LogP contribution in [0.25, 0.3) is 0 Å². The number of hydrogen-bond donors (Lipinski definition) is 1. The molecule has 0 unspecified atom stereocenters. The predicted molar refractivity (Wildman–Crippen MR) is 73.9 cm³/mol. The van der Waals surface area contributed by atoms with E-state index in [1.54, 1.807) is 0 Å². The zero-order valence-electron chi connectivity index (χ0n) is 11.5. The number of benzene rings is 1. The van der Waals surface area contributed by atoms with Crippen molar-refractivity contribution in [2.45, 2.75) is 50.0 Å². The van der Waals surface area contributed by atoms with Crippen molar-refractivity contribution >= 4 is 5.97 Å². The molecule has 0 aliphatic heterocycles. The van der Waals surface area contributed by atoms with Crippen LogP contribution in [0.3, 0.4) is 0 Å². The lowest BCUT2D eigenvalue weighted by atomic mass is 9.74. The van der Waals surface area contributed by atoms with Crippen LogP contribution in [0, 0.1) is 0 Å². The van der Waals surface area contributed by atoms with Crippen molar-refractivity contribution in [1.29, 1.82) is 0 Å². The van der Waals surface area contributed by atoms with Gasteiger partial charge < -0.3 is 9.84 Å². The van der Waals surface area contributed by atoms with Gasteiger partial charge in [-0.2, -0.15) is 0 Å². The van der Waals surface area contributed by atoms with Crippen molar-refractivity contribution < 1.29 is 14.6 Å². The van der Waals surface area contributed by atoms with Crippen molar-refractivity contribution in [3.63, 3.8) is 0 Å². The minimum absolute atomic E-state index is 0.237. The molecule has 0 bridgehead atoms. The second-order valence-corrected chi connectivity index (χ2v) is 5.49. The van der Waals surface area contributed by atoms with E-state index in [1.807, 2.05) is 6.07 Å². The fraction of sp³-hybridized carbons (Fsp3) is 0.562. The average molecular weight is 262 g/mol. The Morgan fingerprint density at radius 1 is 1.32 bits per heavy atom. The Bertz CT molecular complexity index is 405. The maximum atomic E-state index is 11.1. The zero-order chi connectivity index (χ0) is 13.7. The smallest absolute Gasteiger partial charge is 0.305 e. The van der Waals surface area contributed by atoms with Gasteiger partial charge in [0, 0.05) is 6.42 Å². The molecule has 19 heavy (non-hydrogen) atoms. The first-order valence-corrected chi connectivity index (χ1v) is 6.97. The molecule has 1 fully saturated rings. The third kappa shape index (κ3) is 3.80. The lowest BCUT2D eigenvalue weighted by Gasteiger charge is -2.36. The van der Waals surface area contributed by atoms with Gasteiger partial charge in [-0.15, -0.1) is 0 Å². The molecule has 0 radical (unpaired) electrons. The number of rotatable bonds is 4. The number of methoxy groups -OCH3 is 1. The Kier molecular flexibility index (Phi) is 4.59. The monoisotopic (exact) mass is 262 g/mol. The van der Waals surface area contributed by atoms with Crippen LogP contribution in [0.15, 0.2) is 30.3 Å². The Labute approximate surface area is 114 Å². The minimum atomic E-state index is -0.681. The van der Waals surface area contributed by atoms with Crippen molar-refractivity contribution in [2.24, 2.45) is 0 Å². The molecule has 0 saturated heterocycles. The van der Waals surface area contributed by atoms with E-state index in [9.17, 15) is 9.90 Å². The van der Waals surface area contributed by atoms with Crippen LogP contribution < -0.4 is 0 Å². The molecule has 2 rings (SSSR count). The minimum Gasteiger partial charge on any atom is -0.469 e. The number of hydrogen-bond acceptors (Lipinski definition) is 3. The molecule has 3 nitrogen and oxygen atoms in total. The summed E-state index contributed by atoms with van der Waals surface area (Å²) in [6.45, 7) is 0. The summed E-state index contributed by atoms with van der Waals surface area (Å²) in [5, 5.41) is 10.5. The summed E-state index contributed by atoms with van der Waals surface area (Å²) < 4.78 is 4.63. The van der Waals surface area contributed by atoms with Gasteiger partial charge in [0.1, 0.15) is 0 Å². The van der Waals surface area contributed by atoms with Crippen molar-refractivity contribution in [3.05, 3.63) is 35.9 Å². The van der Waals surface area contributed by atoms with Crippen LogP contribution in [-0.2, 0) is 9.53 Å². The van der Waals surface area contributed by atoms with E-state index >= 15 is 0 Å². The lowest BCUT2D eigenvalue weighted by Crippen LogP contribution is -2.34. The van der Waals surface area contributed by atoms with Gasteiger partial charge in [-0.05, 0) is 43.6 Å². The summed E-state index contributed by atoms with van der Waals surface area (Å²) in [7, 11) is 1.39. The van der Waals surface area contributed by atoms with Crippen LogP contribution in [-0.4, -0.2) is 23.8 Å². The fourth-order valence-corrected chi connectivity index (χ4v) is 2.90. The molecule has 1 saturated carbocycles. The molecule has 1 aliphatic rings. The molecule has 1 N–H and O–H groups in total. The molecule has 3 heteroatoms. The third-order valence-corrected chi connectivity index (χ3v) is 4.21. The normalized spacial score (nSPS) is 26.9. The summed E-state index contributed by atoms with van der Waals surface area (Å²) in [4.78, 5) is 11.1. The first kappa shape index (κ1) is 14.1. The average Bonchev–Trinajstić information content (AvgIpc) is 2.46. The topological polar surface area (TPSA) is 46.5 Å². The standard InChI is InChI=1S/C16H22O3/c1-19-15(17)9-12-16(18)10-7-14(8-11-16)13-5-3-2-4-6-13/h2-6,14,18H,7-12H2,1H3. The van der Waals surface area contributed by atoms with E-state index in [0.717, 1.165) is 25.7 Å². The summed E-state index contributed by atoms with van der Waals surface area (Å²) in [6.07, 6.45) is 4.33. The van der Waals surface area contributed by atoms with Gasteiger partial charge in [-0.25, -0.2) is 0 Å². The van der Waals surface area contributed by atoms with E-state index in [1.165, 1.54) is 12.7 Å². The fourth-order valence-electron chi connectivity index (χ4n) is 2.90. The second-order valence-electron chi connectivity index (χ2n) is 5.49. The van der Waals surface area contributed by atoms with Gasteiger partial charge in [0.25, 0.3) is 0 Å². The molecule has 0 heterocycles. The summed E-state index contributed by atoms with van der Waals surface area (Å²) in [5.41, 5.74) is 0.678. The number of esters is 1. The van der Waals surface area contributed by atoms with Crippen LogP contribution in [0.4, 0.5) is 0 Å². The highest BCUT2D eigenvalue weighted by Crippen LogP contribution is 2.39. The van der Waals surface area contributed by atoms with Gasteiger partial charge in [0.15, 0.2) is 0 Å². The molecular formula is C16H22O3. The van der Waals surface area contributed by atoms with Crippen LogP contribution in [0.2, 0.25) is 0 Å². The highest BCUT2D eigenvalue weighted by Gasteiger charge is 2.33. The van der Waals surface area contributed by atoms with E-state index < -0.39 is 5.60 Å². The van der Waals surface area contributed by atoms with Crippen molar-refractivity contribution in [1.82, 2.24) is 0 Å². The summed E-state index contributed by atoms with van der Waals surface area (Å²) in [5.74, 6) is 0.304. The van der Waals surface area contributed by atoms with E-state index in [0.29, 0.717) is 18.8 Å². The molecule has 1 aromatic carbocycles. The van der Waals surface area contributed by atoms with E-state index in [4.69, 9.17) is 0 Å². The van der Waals surface area contributed by atoms with E-state index in [-0.39, 0.29) is 5.97 Å². The molecule has 0 aromatic heterocycles.